The van der Waals surface area contributed by atoms with Crippen LogP contribution in [0.15, 0.2) is 54.1 Å². The average Bonchev–Trinajstić information content (AvgIpc) is 2.81. The maximum Gasteiger partial charge on any atom is 0.193 e. The first-order chi connectivity index (χ1) is 15.9. The molecule has 0 bridgehead atoms. The number of hydrogen-bond acceptors (Lipinski definition) is 5. The normalized spacial score (nSPS) is 18.4. The molecule has 1 aliphatic carbocycles. The van der Waals surface area contributed by atoms with Gasteiger partial charge in [-0.15, -0.1) is 0 Å². The Morgan fingerprint density at radius 1 is 1.18 bits per heavy atom. The van der Waals surface area contributed by atoms with Crippen molar-refractivity contribution in [1.82, 2.24) is 0 Å². The van der Waals surface area contributed by atoms with Crippen LogP contribution < -0.4 is 9.47 Å². The van der Waals surface area contributed by atoms with Gasteiger partial charge in [0.1, 0.15) is 22.8 Å². The Balaban J connectivity index is 2.15. The minimum Gasteiger partial charge on any atom is -0.507 e. The summed E-state index contributed by atoms with van der Waals surface area (Å²) < 4.78 is 16.4. The summed E-state index contributed by atoms with van der Waals surface area (Å²) in [7, 11) is 3.07. The van der Waals surface area contributed by atoms with Crippen molar-refractivity contribution in [1.29, 1.82) is 0 Å². The molecule has 3 rings (SSSR count). The summed E-state index contributed by atoms with van der Waals surface area (Å²) in [5.74, 6) is 0.967. The molecule has 0 aliphatic heterocycles. The van der Waals surface area contributed by atoms with Gasteiger partial charge in [-0.3, -0.25) is 4.79 Å². The van der Waals surface area contributed by atoms with E-state index in [1.807, 2.05) is 30.3 Å². The second-order valence-corrected chi connectivity index (χ2v) is 8.86. The number of aromatic hydroxyl groups is 1. The lowest BCUT2D eigenvalue weighted by Gasteiger charge is -2.34. The van der Waals surface area contributed by atoms with E-state index >= 15 is 0 Å². The predicted octanol–water partition coefficient (Wildman–Crippen LogP) is 6.38. The van der Waals surface area contributed by atoms with Gasteiger partial charge in [-0.2, -0.15) is 0 Å². The summed E-state index contributed by atoms with van der Waals surface area (Å²) in [5, 5.41) is 11.5. The minimum absolute atomic E-state index is 0.0539. The number of ether oxygens (including phenoxy) is 3. The Hall–Kier alpha value is -3.05. The molecule has 0 saturated carbocycles. The second kappa shape index (κ2) is 11.2. The predicted molar refractivity (Wildman–Crippen MR) is 131 cm³/mol. The fourth-order valence-corrected chi connectivity index (χ4v) is 4.55. The third-order valence-electron chi connectivity index (χ3n) is 6.28. The number of carbonyl (C=O) groups excluding carboxylic acids is 1. The monoisotopic (exact) mass is 450 g/mol. The van der Waals surface area contributed by atoms with Crippen molar-refractivity contribution in [2.24, 2.45) is 11.8 Å². The lowest BCUT2D eigenvalue weighted by atomic mass is 9.71. The first-order valence-corrected chi connectivity index (χ1v) is 11.4. The van der Waals surface area contributed by atoms with E-state index in [2.05, 4.69) is 26.8 Å². The van der Waals surface area contributed by atoms with Crippen molar-refractivity contribution in [3.05, 3.63) is 70.8 Å². The van der Waals surface area contributed by atoms with Gasteiger partial charge in [0, 0.05) is 24.7 Å². The summed E-state index contributed by atoms with van der Waals surface area (Å²) >= 11 is 0. The van der Waals surface area contributed by atoms with E-state index in [0.717, 1.165) is 18.4 Å². The molecule has 0 amide bonds. The van der Waals surface area contributed by atoms with E-state index in [-0.39, 0.29) is 35.6 Å². The number of phenols is 1. The standard InChI is InChI=1S/C28H34O5/c1-18(2)21-13-11-19(3)15-22(21)26-24(32-5)16-25(33-17-31-4)27(28(26)30)23(29)14-12-20-9-7-6-8-10-20/h6-10,12,14-16,18,21-22,30H,11,13,17H2,1-5H3/b14-12+/t21-,22-/m0/s1. The minimum atomic E-state index is -0.344. The molecule has 5 nitrogen and oxygen atoms in total. The maximum absolute atomic E-state index is 13.3. The van der Waals surface area contributed by atoms with Crippen LogP contribution in [0.5, 0.6) is 17.2 Å². The van der Waals surface area contributed by atoms with Crippen LogP contribution in [-0.2, 0) is 4.74 Å². The number of ketones is 1. The number of phenolic OH excluding ortho intramolecular Hbond substituents is 1. The molecule has 1 aliphatic rings. The first kappa shape index (κ1) is 24.6. The SMILES string of the molecule is COCOc1cc(OC)c([C@H]2C=C(C)CC[C@H]2C(C)C)c(O)c1C(=O)/C=C/c1ccccc1. The Bertz CT molecular complexity index is 1020. The van der Waals surface area contributed by atoms with E-state index in [4.69, 9.17) is 14.2 Å². The highest BCUT2D eigenvalue weighted by atomic mass is 16.7. The zero-order valence-corrected chi connectivity index (χ0v) is 20.1. The topological polar surface area (TPSA) is 65.0 Å². The Labute approximate surface area is 196 Å². The zero-order valence-electron chi connectivity index (χ0n) is 20.1. The molecular formula is C28H34O5. The summed E-state index contributed by atoms with van der Waals surface area (Å²) in [5.41, 5.74) is 2.92. The highest BCUT2D eigenvalue weighted by molar-refractivity contribution is 6.11. The van der Waals surface area contributed by atoms with Gasteiger partial charge < -0.3 is 19.3 Å². The molecule has 0 fully saturated rings. The third kappa shape index (κ3) is 5.66. The highest BCUT2D eigenvalue weighted by Crippen LogP contribution is 2.50. The molecule has 0 unspecified atom stereocenters. The summed E-state index contributed by atoms with van der Waals surface area (Å²) in [6, 6.07) is 11.2. The van der Waals surface area contributed by atoms with Gasteiger partial charge >= 0.3 is 0 Å². The van der Waals surface area contributed by atoms with Crippen molar-refractivity contribution in [3.63, 3.8) is 0 Å². The van der Waals surface area contributed by atoms with Crippen LogP contribution in [0.1, 0.15) is 61.0 Å². The maximum atomic E-state index is 13.3. The second-order valence-electron chi connectivity index (χ2n) is 8.86. The molecule has 2 atom stereocenters. The molecule has 0 radical (unpaired) electrons. The van der Waals surface area contributed by atoms with E-state index in [0.29, 0.717) is 23.1 Å². The van der Waals surface area contributed by atoms with Crippen LogP contribution in [0.25, 0.3) is 6.08 Å². The molecule has 5 heteroatoms. The number of rotatable bonds is 9. The van der Waals surface area contributed by atoms with Crippen molar-refractivity contribution < 1.29 is 24.1 Å². The van der Waals surface area contributed by atoms with Crippen LogP contribution in [0.3, 0.4) is 0 Å². The molecule has 0 spiro atoms. The van der Waals surface area contributed by atoms with Crippen molar-refractivity contribution in [2.75, 3.05) is 21.0 Å². The van der Waals surface area contributed by atoms with Crippen molar-refractivity contribution in [3.8, 4) is 17.2 Å². The van der Waals surface area contributed by atoms with E-state index in [1.165, 1.54) is 18.8 Å². The van der Waals surface area contributed by atoms with Crippen LogP contribution in [-0.4, -0.2) is 31.9 Å². The smallest absolute Gasteiger partial charge is 0.193 e. The van der Waals surface area contributed by atoms with Crippen LogP contribution in [0.4, 0.5) is 0 Å². The largest absolute Gasteiger partial charge is 0.507 e. The Morgan fingerprint density at radius 2 is 1.91 bits per heavy atom. The molecule has 2 aromatic rings. The summed E-state index contributed by atoms with van der Waals surface area (Å²) in [6.07, 6.45) is 7.44. The molecule has 1 N–H and O–H groups in total. The number of hydrogen-bond donors (Lipinski definition) is 1. The number of methoxy groups -OCH3 is 2. The molecule has 0 heterocycles. The van der Waals surface area contributed by atoms with Crippen LogP contribution >= 0.6 is 0 Å². The highest BCUT2D eigenvalue weighted by Gasteiger charge is 2.34. The average molecular weight is 451 g/mol. The van der Waals surface area contributed by atoms with Gasteiger partial charge in [0.15, 0.2) is 12.6 Å². The van der Waals surface area contributed by atoms with E-state index in [9.17, 15) is 9.90 Å². The summed E-state index contributed by atoms with van der Waals surface area (Å²) in [6.45, 7) is 6.44. The Kier molecular flexibility index (Phi) is 8.34. The van der Waals surface area contributed by atoms with Gasteiger partial charge in [-0.1, -0.05) is 61.9 Å². The third-order valence-corrected chi connectivity index (χ3v) is 6.28. The molecule has 0 aromatic heterocycles. The fourth-order valence-electron chi connectivity index (χ4n) is 4.55. The number of benzene rings is 2. The van der Waals surface area contributed by atoms with Gasteiger partial charge in [0.25, 0.3) is 0 Å². The molecule has 2 aromatic carbocycles. The zero-order chi connectivity index (χ0) is 24.0. The lowest BCUT2D eigenvalue weighted by Crippen LogP contribution is -2.22. The lowest BCUT2D eigenvalue weighted by molar-refractivity contribution is 0.0500. The van der Waals surface area contributed by atoms with Gasteiger partial charge in [-0.25, -0.2) is 0 Å². The van der Waals surface area contributed by atoms with Crippen molar-refractivity contribution >= 4 is 11.9 Å². The molecular weight excluding hydrogens is 416 g/mol. The number of allylic oxidation sites excluding steroid dienone is 3. The van der Waals surface area contributed by atoms with Crippen LogP contribution in [0, 0.1) is 11.8 Å². The van der Waals surface area contributed by atoms with Crippen LogP contribution in [0.2, 0.25) is 0 Å². The number of carbonyl (C=O) groups is 1. The first-order valence-electron chi connectivity index (χ1n) is 11.4. The van der Waals surface area contributed by atoms with E-state index in [1.54, 1.807) is 19.3 Å². The van der Waals surface area contributed by atoms with Gasteiger partial charge in [-0.05, 0) is 43.2 Å². The Morgan fingerprint density at radius 3 is 2.55 bits per heavy atom. The molecule has 176 valence electrons. The van der Waals surface area contributed by atoms with Crippen molar-refractivity contribution in [2.45, 2.75) is 39.5 Å². The fraction of sp³-hybridized carbons (Fsp3) is 0.393. The summed E-state index contributed by atoms with van der Waals surface area (Å²) in [4.78, 5) is 13.3. The quantitative estimate of drug-likeness (QED) is 0.208. The molecule has 0 saturated heterocycles. The van der Waals surface area contributed by atoms with Gasteiger partial charge in [0.2, 0.25) is 0 Å². The van der Waals surface area contributed by atoms with E-state index < -0.39 is 0 Å². The molecule has 33 heavy (non-hydrogen) atoms. The van der Waals surface area contributed by atoms with Gasteiger partial charge in [0.05, 0.1) is 7.11 Å².